The summed E-state index contributed by atoms with van der Waals surface area (Å²) in [5, 5.41) is 4.68. The predicted molar refractivity (Wildman–Crippen MR) is 189 cm³/mol. The smallest absolute Gasteiger partial charge is 0.159 e. The second kappa shape index (κ2) is 9.70. The topological polar surface area (TPSA) is 16.4 Å². The molecule has 2 heteroatoms. The molecule has 0 fully saturated rings. The Labute approximate surface area is 262 Å². The van der Waals surface area contributed by atoms with Gasteiger partial charge in [0.1, 0.15) is 5.58 Å². The van der Waals surface area contributed by atoms with Gasteiger partial charge >= 0.3 is 0 Å². The molecule has 1 aliphatic rings. The Balaban J connectivity index is 1.33. The molecule has 0 spiro atoms. The van der Waals surface area contributed by atoms with Gasteiger partial charge in [-0.25, -0.2) is 0 Å². The van der Waals surface area contributed by atoms with E-state index in [1.807, 2.05) is 0 Å². The van der Waals surface area contributed by atoms with Crippen LogP contribution in [0.2, 0.25) is 0 Å². The van der Waals surface area contributed by atoms with Gasteiger partial charge in [-0.2, -0.15) is 0 Å². The van der Waals surface area contributed by atoms with Crippen molar-refractivity contribution in [3.8, 4) is 22.3 Å². The molecule has 1 aromatic heterocycles. The van der Waals surface area contributed by atoms with Crippen molar-refractivity contribution in [1.29, 1.82) is 0 Å². The van der Waals surface area contributed by atoms with Crippen molar-refractivity contribution in [2.45, 2.75) is 19.3 Å². The maximum absolute atomic E-state index is 7.04. The molecule has 1 heterocycles. The molecule has 0 aliphatic heterocycles. The van der Waals surface area contributed by atoms with Crippen LogP contribution in [0, 0.1) is 0 Å². The molecule has 0 radical (unpaired) electrons. The lowest BCUT2D eigenvalue weighted by molar-refractivity contribution is 0.660. The van der Waals surface area contributed by atoms with Gasteiger partial charge in [-0.15, -0.1) is 0 Å². The number of hydrogen-bond donors (Lipinski definition) is 0. The zero-order valence-electron chi connectivity index (χ0n) is 25.3. The normalized spacial score (nSPS) is 13.3. The Morgan fingerprint density at radius 1 is 0.489 bits per heavy atom. The maximum Gasteiger partial charge on any atom is 0.159 e. The molecule has 45 heavy (non-hydrogen) atoms. The number of fused-ring (bicyclic) bond motifs is 8. The fourth-order valence-electron chi connectivity index (χ4n) is 7.48. The largest absolute Gasteiger partial charge is 0.453 e. The van der Waals surface area contributed by atoms with E-state index < -0.39 is 0 Å². The Kier molecular flexibility index (Phi) is 5.58. The summed E-state index contributed by atoms with van der Waals surface area (Å²) < 4.78 is 7.04. The molecule has 0 saturated carbocycles. The average molecular weight is 578 g/mol. The number of hydrogen-bond acceptors (Lipinski definition) is 2. The van der Waals surface area contributed by atoms with Gasteiger partial charge in [-0.05, 0) is 75.0 Å². The van der Waals surface area contributed by atoms with Gasteiger partial charge in [0, 0.05) is 33.1 Å². The van der Waals surface area contributed by atoms with E-state index in [2.05, 4.69) is 170 Å². The minimum Gasteiger partial charge on any atom is -0.453 e. The van der Waals surface area contributed by atoms with E-state index in [0.29, 0.717) is 0 Å². The van der Waals surface area contributed by atoms with Crippen LogP contribution in [0.1, 0.15) is 25.0 Å². The molecule has 0 N–H and O–H groups in total. The third kappa shape index (κ3) is 3.82. The average Bonchev–Trinajstić information content (AvgIpc) is 3.59. The monoisotopic (exact) mass is 577 g/mol. The van der Waals surface area contributed by atoms with Crippen LogP contribution in [-0.4, -0.2) is 0 Å². The van der Waals surface area contributed by atoms with Crippen LogP contribution in [0.3, 0.4) is 0 Å². The van der Waals surface area contributed by atoms with Gasteiger partial charge in [0.05, 0.1) is 5.69 Å². The lowest BCUT2D eigenvalue weighted by atomic mass is 9.82. The highest BCUT2D eigenvalue weighted by Crippen LogP contribution is 2.51. The van der Waals surface area contributed by atoms with Crippen molar-refractivity contribution < 1.29 is 4.42 Å². The molecular formula is C43H31NO. The van der Waals surface area contributed by atoms with E-state index in [1.54, 1.807) is 0 Å². The van der Waals surface area contributed by atoms with E-state index >= 15 is 0 Å². The fourth-order valence-corrected chi connectivity index (χ4v) is 7.48. The summed E-state index contributed by atoms with van der Waals surface area (Å²) in [5.41, 5.74) is 12.5. The molecule has 1 aliphatic carbocycles. The van der Waals surface area contributed by atoms with E-state index in [4.69, 9.17) is 4.42 Å². The summed E-state index contributed by atoms with van der Waals surface area (Å²) in [6, 6.07) is 54.5. The van der Waals surface area contributed by atoms with Crippen LogP contribution >= 0.6 is 0 Å². The highest BCUT2D eigenvalue weighted by Gasteiger charge is 2.36. The minimum absolute atomic E-state index is 0.0980. The second-order valence-electron chi connectivity index (χ2n) is 12.5. The van der Waals surface area contributed by atoms with Crippen LogP contribution in [0.5, 0.6) is 0 Å². The standard InChI is InChI=1S/C43H31NO/c1-43(2)37-22-12-11-20-33(37)34-25-24-31(27-38(34)43)44(30-17-7-4-8-18-30)39-23-13-21-35-40-32-19-10-9-16-29(32)26-36(42(40)45-41(35)39)28-14-5-3-6-15-28/h3-27H,1-2H3. The lowest BCUT2D eigenvalue weighted by Crippen LogP contribution is -2.16. The minimum atomic E-state index is -0.0980. The van der Waals surface area contributed by atoms with Crippen molar-refractivity contribution in [1.82, 2.24) is 0 Å². The number of furan rings is 1. The Hall–Kier alpha value is -5.60. The highest BCUT2D eigenvalue weighted by atomic mass is 16.3. The Morgan fingerprint density at radius 3 is 2.02 bits per heavy atom. The van der Waals surface area contributed by atoms with Crippen molar-refractivity contribution >= 4 is 49.8 Å². The van der Waals surface area contributed by atoms with Crippen LogP contribution in [0.4, 0.5) is 17.1 Å². The number of para-hydroxylation sites is 2. The van der Waals surface area contributed by atoms with Crippen molar-refractivity contribution in [3.05, 3.63) is 163 Å². The van der Waals surface area contributed by atoms with Crippen molar-refractivity contribution in [3.63, 3.8) is 0 Å². The van der Waals surface area contributed by atoms with Crippen LogP contribution in [0.15, 0.2) is 156 Å². The van der Waals surface area contributed by atoms with Crippen molar-refractivity contribution in [2.75, 3.05) is 4.90 Å². The number of anilines is 3. The summed E-state index contributed by atoms with van der Waals surface area (Å²) in [6.07, 6.45) is 0. The van der Waals surface area contributed by atoms with Gasteiger partial charge in [0.25, 0.3) is 0 Å². The summed E-state index contributed by atoms with van der Waals surface area (Å²) in [7, 11) is 0. The zero-order chi connectivity index (χ0) is 30.1. The Morgan fingerprint density at radius 2 is 1.18 bits per heavy atom. The third-order valence-corrected chi connectivity index (χ3v) is 9.63. The predicted octanol–water partition coefficient (Wildman–Crippen LogP) is 12.2. The molecule has 0 saturated heterocycles. The summed E-state index contributed by atoms with van der Waals surface area (Å²) in [4.78, 5) is 2.36. The van der Waals surface area contributed by atoms with Crippen LogP contribution in [0.25, 0.3) is 55.0 Å². The van der Waals surface area contributed by atoms with E-state index in [9.17, 15) is 0 Å². The molecule has 0 amide bonds. The van der Waals surface area contributed by atoms with Gasteiger partial charge in [-0.3, -0.25) is 0 Å². The molecule has 2 nitrogen and oxygen atoms in total. The maximum atomic E-state index is 7.04. The SMILES string of the molecule is CC1(C)c2ccccc2-c2ccc(N(c3ccccc3)c3cccc4c3oc3c(-c5ccccc5)cc5ccccc5c34)cc21. The quantitative estimate of drug-likeness (QED) is 0.207. The molecule has 8 aromatic rings. The summed E-state index contributed by atoms with van der Waals surface area (Å²) in [6.45, 7) is 4.68. The van der Waals surface area contributed by atoms with E-state index in [1.165, 1.54) is 33.0 Å². The number of rotatable bonds is 4. The number of nitrogens with zero attached hydrogens (tertiary/aromatic N) is 1. The van der Waals surface area contributed by atoms with Gasteiger partial charge in [0.2, 0.25) is 0 Å². The first-order valence-corrected chi connectivity index (χ1v) is 15.6. The first-order valence-electron chi connectivity index (χ1n) is 15.6. The first kappa shape index (κ1) is 25.9. The van der Waals surface area contributed by atoms with E-state index in [0.717, 1.165) is 50.1 Å². The summed E-state index contributed by atoms with van der Waals surface area (Å²) >= 11 is 0. The van der Waals surface area contributed by atoms with Gasteiger partial charge in [-0.1, -0.05) is 129 Å². The molecule has 0 bridgehead atoms. The molecule has 0 unspecified atom stereocenters. The summed E-state index contributed by atoms with van der Waals surface area (Å²) in [5.74, 6) is 0. The first-order chi connectivity index (χ1) is 22.1. The molecule has 9 rings (SSSR count). The molecule has 214 valence electrons. The number of benzene rings is 7. The van der Waals surface area contributed by atoms with Gasteiger partial charge in [0.15, 0.2) is 5.58 Å². The van der Waals surface area contributed by atoms with Crippen LogP contribution < -0.4 is 4.90 Å². The van der Waals surface area contributed by atoms with Crippen LogP contribution in [-0.2, 0) is 5.41 Å². The van der Waals surface area contributed by atoms with Crippen molar-refractivity contribution in [2.24, 2.45) is 0 Å². The third-order valence-electron chi connectivity index (χ3n) is 9.63. The van der Waals surface area contributed by atoms with Gasteiger partial charge < -0.3 is 9.32 Å². The molecule has 7 aromatic carbocycles. The highest BCUT2D eigenvalue weighted by molar-refractivity contribution is 6.24. The molecular weight excluding hydrogens is 546 g/mol. The Bertz CT molecular complexity index is 2400. The van der Waals surface area contributed by atoms with E-state index in [-0.39, 0.29) is 5.41 Å². The molecule has 0 atom stereocenters. The fraction of sp³-hybridized carbons (Fsp3) is 0.0698. The second-order valence-corrected chi connectivity index (χ2v) is 12.5. The lowest BCUT2D eigenvalue weighted by Gasteiger charge is -2.28. The zero-order valence-corrected chi connectivity index (χ0v) is 25.3.